The van der Waals surface area contributed by atoms with E-state index in [0.717, 1.165) is 105 Å². The van der Waals surface area contributed by atoms with Gasteiger partial charge in [0.15, 0.2) is 0 Å². The van der Waals surface area contributed by atoms with Crippen molar-refractivity contribution in [3.63, 3.8) is 0 Å². The molecule has 0 amide bonds. The summed E-state index contributed by atoms with van der Waals surface area (Å²) < 4.78 is 0. The van der Waals surface area contributed by atoms with Gasteiger partial charge >= 0.3 is 0 Å². The van der Waals surface area contributed by atoms with Crippen LogP contribution in [0.4, 0.5) is 0 Å². The zero-order chi connectivity index (χ0) is 23.2. The van der Waals surface area contributed by atoms with Crippen molar-refractivity contribution in [3.05, 3.63) is 35.4 Å². The summed E-state index contributed by atoms with van der Waals surface area (Å²) in [4.78, 5) is 2.59. The highest BCUT2D eigenvalue weighted by molar-refractivity contribution is 5.86. The van der Waals surface area contributed by atoms with Gasteiger partial charge in [0.2, 0.25) is 0 Å². The third-order valence-electron chi connectivity index (χ3n) is 5.88. The lowest BCUT2D eigenvalue weighted by Gasteiger charge is -2.23. The monoisotopic (exact) mass is 714 g/mol. The maximum absolute atomic E-state index is 5.47. The van der Waals surface area contributed by atoms with Crippen LogP contribution in [0.25, 0.3) is 0 Å². The number of nitrogens with one attached hydrogen (secondary N) is 6. The predicted molar refractivity (Wildman–Crippen MR) is 191 cm³/mol. The predicted octanol–water partition coefficient (Wildman–Crippen LogP) is 2.62. The molecule has 0 spiro atoms. The van der Waals surface area contributed by atoms with Gasteiger partial charge in [0.05, 0.1) is 0 Å². The van der Waals surface area contributed by atoms with Gasteiger partial charge in [-0.2, -0.15) is 0 Å². The average Bonchev–Trinajstić information content (AvgIpc) is 2.83. The topological polar surface area (TPSA) is 101 Å². The molecule has 8 nitrogen and oxygen atoms in total. The normalized spacial score (nSPS) is 14.5. The molecule has 1 aromatic rings. The van der Waals surface area contributed by atoms with Crippen LogP contribution in [0.3, 0.4) is 0 Å². The van der Waals surface area contributed by atoms with Crippen LogP contribution in [-0.2, 0) is 13.1 Å². The second kappa shape index (κ2) is 39.9. The molecule has 0 bridgehead atoms. The van der Waals surface area contributed by atoms with E-state index in [9.17, 15) is 0 Å². The zero-order valence-corrected chi connectivity index (χ0v) is 29.3. The first kappa shape index (κ1) is 53.5. The van der Waals surface area contributed by atoms with Gasteiger partial charge in [-0.05, 0) is 69.7 Å². The summed E-state index contributed by atoms with van der Waals surface area (Å²) in [5, 5.41) is 21.0. The van der Waals surface area contributed by atoms with Crippen molar-refractivity contribution in [2.24, 2.45) is 5.73 Å². The summed E-state index contributed by atoms with van der Waals surface area (Å²) >= 11 is 0. The average molecular weight is 718 g/mol. The lowest BCUT2D eigenvalue weighted by molar-refractivity contribution is 0.260. The van der Waals surface area contributed by atoms with Gasteiger partial charge in [0.1, 0.15) is 0 Å². The van der Waals surface area contributed by atoms with Crippen LogP contribution >= 0.6 is 86.8 Å². The van der Waals surface area contributed by atoms with Gasteiger partial charge in [-0.15, -0.1) is 86.8 Å². The molecule has 0 radical (unpaired) electrons. The van der Waals surface area contributed by atoms with E-state index >= 15 is 0 Å². The van der Waals surface area contributed by atoms with E-state index in [2.05, 4.69) is 61.1 Å². The van der Waals surface area contributed by atoms with Crippen molar-refractivity contribution in [2.75, 3.05) is 91.6 Å². The lowest BCUT2D eigenvalue weighted by Crippen LogP contribution is -2.36. The number of halogens is 7. The van der Waals surface area contributed by atoms with E-state index in [1.54, 1.807) is 0 Å². The molecule has 1 aromatic carbocycles. The molecule has 0 aromatic heterocycles. The molecule has 0 saturated carbocycles. The van der Waals surface area contributed by atoms with Crippen LogP contribution < -0.4 is 37.6 Å². The van der Waals surface area contributed by atoms with Crippen LogP contribution in [0, 0.1) is 0 Å². The Bertz CT molecular complexity index is 567. The van der Waals surface area contributed by atoms with E-state index in [1.165, 1.54) is 24.0 Å². The molecule has 246 valence electrons. The first-order valence-corrected chi connectivity index (χ1v) is 13.1. The summed E-state index contributed by atoms with van der Waals surface area (Å²) in [5.41, 5.74) is 8.22. The number of hydrogen-bond acceptors (Lipinski definition) is 8. The summed E-state index contributed by atoms with van der Waals surface area (Å²) in [7, 11) is 0. The molecule has 15 heteroatoms. The third kappa shape index (κ3) is 30.4. The van der Waals surface area contributed by atoms with Gasteiger partial charge in [-0.3, -0.25) is 4.90 Å². The van der Waals surface area contributed by atoms with E-state index in [0.29, 0.717) is 6.54 Å². The second-order valence-electron chi connectivity index (χ2n) is 8.87. The molecule has 1 aliphatic rings. The lowest BCUT2D eigenvalue weighted by atomic mass is 10.1. The Balaban J connectivity index is -0.000000413. The minimum Gasteiger partial charge on any atom is -0.329 e. The second-order valence-corrected chi connectivity index (χ2v) is 8.87. The molecule has 1 saturated heterocycles. The van der Waals surface area contributed by atoms with Gasteiger partial charge in [-0.1, -0.05) is 24.3 Å². The Morgan fingerprint density at radius 1 is 0.575 bits per heavy atom. The maximum atomic E-state index is 5.47. The minimum absolute atomic E-state index is 0. The van der Waals surface area contributed by atoms with E-state index < -0.39 is 0 Å². The SMILES string of the molecule is Cl.Cl.Cl.Cl.Cl.Cl.Cl.NCCNCCCNCCNCc1ccc(CN2CCCNCCNCCCNCC2)cc1. The van der Waals surface area contributed by atoms with Crippen LogP contribution in [0.5, 0.6) is 0 Å². The van der Waals surface area contributed by atoms with Crippen molar-refractivity contribution in [1.29, 1.82) is 0 Å². The maximum Gasteiger partial charge on any atom is 0.0234 e. The fraction of sp³-hybridized carbons (Fsp3) is 0.760. The van der Waals surface area contributed by atoms with Gasteiger partial charge < -0.3 is 37.6 Å². The summed E-state index contributed by atoms with van der Waals surface area (Å²) in [5.74, 6) is 0. The quantitative estimate of drug-likeness (QED) is 0.157. The first-order valence-electron chi connectivity index (χ1n) is 13.1. The highest BCUT2D eigenvalue weighted by Gasteiger charge is 2.07. The number of hydrogen-bond donors (Lipinski definition) is 7. The molecule has 1 aliphatic heterocycles. The molecule has 1 fully saturated rings. The Hall–Kier alpha value is 0.930. The molecule has 0 unspecified atom stereocenters. The standard InChI is InChI=1S/C25H50N8.7ClH/c26-8-14-27-9-1-10-29-17-18-32-22-24-4-6-25(7-5-24)23-33-20-3-13-30-16-15-28-11-2-12-31-19-21-33;;;;;;;/h4-7,27-32H,1-3,8-23,26H2;7*1H. The van der Waals surface area contributed by atoms with Crippen LogP contribution in [0.15, 0.2) is 24.3 Å². The molecule has 2 rings (SSSR count). The fourth-order valence-electron chi connectivity index (χ4n) is 3.95. The molecule has 8 N–H and O–H groups in total. The number of benzene rings is 1. The first-order chi connectivity index (χ1) is 16.4. The highest BCUT2D eigenvalue weighted by atomic mass is 35.5. The third-order valence-corrected chi connectivity index (χ3v) is 5.88. The number of nitrogens with two attached hydrogens (primary N) is 1. The molecule has 40 heavy (non-hydrogen) atoms. The van der Waals surface area contributed by atoms with Gasteiger partial charge in [-0.25, -0.2) is 0 Å². The molecular formula is C25H57Cl7N8. The molecule has 0 atom stereocenters. The highest BCUT2D eigenvalue weighted by Crippen LogP contribution is 2.08. The summed E-state index contributed by atoms with van der Waals surface area (Å²) in [6.45, 7) is 16.4. The van der Waals surface area contributed by atoms with E-state index in [1.807, 2.05) is 0 Å². The molecular weight excluding hydrogens is 661 g/mol. The Kier molecular flexibility index (Phi) is 53.4. The van der Waals surface area contributed by atoms with Gasteiger partial charge in [0, 0.05) is 65.4 Å². The zero-order valence-electron chi connectivity index (χ0n) is 23.6. The van der Waals surface area contributed by atoms with E-state index in [4.69, 9.17) is 5.73 Å². The number of rotatable bonds is 13. The summed E-state index contributed by atoms with van der Waals surface area (Å²) in [6, 6.07) is 9.14. The van der Waals surface area contributed by atoms with Crippen molar-refractivity contribution in [3.8, 4) is 0 Å². The Labute approximate surface area is 287 Å². The molecule has 0 aliphatic carbocycles. The largest absolute Gasteiger partial charge is 0.329 e. The fourth-order valence-corrected chi connectivity index (χ4v) is 3.95. The van der Waals surface area contributed by atoms with E-state index in [-0.39, 0.29) is 86.8 Å². The number of nitrogens with zero attached hydrogens (tertiary/aromatic N) is 1. The van der Waals surface area contributed by atoms with Gasteiger partial charge in [0.25, 0.3) is 0 Å². The smallest absolute Gasteiger partial charge is 0.0234 e. The Morgan fingerprint density at radius 3 is 1.73 bits per heavy atom. The van der Waals surface area contributed by atoms with Crippen LogP contribution in [0.1, 0.15) is 30.4 Å². The van der Waals surface area contributed by atoms with Crippen molar-refractivity contribution >= 4 is 86.8 Å². The van der Waals surface area contributed by atoms with Crippen LogP contribution in [-0.4, -0.2) is 96.5 Å². The van der Waals surface area contributed by atoms with Crippen molar-refractivity contribution in [1.82, 2.24) is 36.8 Å². The molecule has 1 heterocycles. The summed E-state index contributed by atoms with van der Waals surface area (Å²) in [6.07, 6.45) is 3.53. The van der Waals surface area contributed by atoms with Crippen molar-refractivity contribution in [2.45, 2.75) is 32.4 Å². The minimum atomic E-state index is 0. The van der Waals surface area contributed by atoms with Crippen molar-refractivity contribution < 1.29 is 0 Å². The Morgan fingerprint density at radius 2 is 1.10 bits per heavy atom. The van der Waals surface area contributed by atoms with Crippen LogP contribution in [0.2, 0.25) is 0 Å².